The standard InChI is InChI=1S/Mn.O.H2P2S.H/c;;1-3-2;/h;;1-2H;/i;;;1+2. The molecule has 0 aliphatic carbocycles. The van der Waals surface area contributed by atoms with E-state index in [-0.39, 0.29) is 0 Å². The predicted molar refractivity (Wildman–Crippen MR) is 26.1 cm³/mol. The van der Waals surface area contributed by atoms with Crippen LogP contribution >= 0.6 is 16.0 Å². The van der Waals surface area contributed by atoms with Crippen molar-refractivity contribution in [1.82, 2.24) is 0 Å². The van der Waals surface area contributed by atoms with E-state index in [2.05, 4.69) is 16.0 Å². The molecule has 0 aliphatic rings. The molecule has 0 aromatic heterocycles. The van der Waals surface area contributed by atoms with Gasteiger partial charge in [0.2, 0.25) is 0 Å². The molecule has 0 spiro atoms. The molecule has 0 aromatic rings. The van der Waals surface area contributed by atoms with Gasteiger partial charge in [-0.25, -0.2) is 0 Å². The molecular formula is H3MnOP2S. The average Bonchev–Trinajstić information content (AvgIpc) is 1.39. The molecule has 0 heterocycles. The van der Waals surface area contributed by atoms with Gasteiger partial charge in [-0.05, 0) is 0 Å². The average molecular weight is 170 g/mol. The Morgan fingerprint density at radius 2 is 2.00 bits per heavy atom. The molecule has 0 radical (unpaired) electrons. The molecular weight excluding hydrogens is 165 g/mol. The van der Waals surface area contributed by atoms with Crippen molar-refractivity contribution in [1.29, 1.82) is 0.954 Å². The first-order chi connectivity index (χ1) is 2.83. The quantitative estimate of drug-likeness (QED) is 0.388. The van der Waals surface area contributed by atoms with Crippen molar-refractivity contribution in [3.05, 3.63) is 0 Å². The van der Waals surface area contributed by atoms with E-state index in [1.54, 1.807) is 0 Å². The van der Waals surface area contributed by atoms with E-state index in [4.69, 9.17) is 4.79 Å². The van der Waals surface area contributed by atoms with Crippen LogP contribution in [0.1, 0.15) is 0 Å². The third kappa shape index (κ3) is 39.0. The Hall–Kier alpha value is 1.14. The van der Waals surface area contributed by atoms with Crippen LogP contribution in [-0.2, 0) is 29.8 Å². The zero-order chi connectivity index (χ0) is 5.41. The van der Waals surface area contributed by atoms with Crippen molar-refractivity contribution < 1.29 is 19.6 Å². The van der Waals surface area contributed by atoms with Crippen molar-refractivity contribution in [3.8, 4) is 0 Å². The van der Waals surface area contributed by atoms with Crippen LogP contribution in [0.15, 0.2) is 0 Å². The van der Waals surface area contributed by atoms with Gasteiger partial charge in [-0.2, -0.15) is 0 Å². The Bertz CT molecular complexity index is 58.6. The summed E-state index contributed by atoms with van der Waals surface area (Å²) in [5.41, 5.74) is 0. The Balaban J connectivity index is 0. The van der Waals surface area contributed by atoms with Gasteiger partial charge in [-0.1, -0.05) is 16.0 Å². The zero-order valence-corrected chi connectivity index (χ0v) is 6.19. The van der Waals surface area contributed by atoms with Crippen molar-refractivity contribution in [2.24, 2.45) is 0 Å². The molecule has 0 saturated carbocycles. The second-order valence-electron chi connectivity index (χ2n) is 0.102. The normalized spacial score (nSPS) is 6.00. The Kier molecular flexibility index (Phi) is 23.6. The van der Waals surface area contributed by atoms with Crippen molar-refractivity contribution >= 4 is 26.1 Å². The van der Waals surface area contributed by atoms with Crippen LogP contribution in [0.3, 0.4) is 0 Å². The summed E-state index contributed by atoms with van der Waals surface area (Å²) in [6, 6.07) is 0. The molecule has 5 heteroatoms. The van der Waals surface area contributed by atoms with Gasteiger partial charge in [0.25, 0.3) is 0 Å². The summed E-state index contributed by atoms with van der Waals surface area (Å²) in [4.78, 5) is 0. The van der Waals surface area contributed by atoms with E-state index < -0.39 is 15.8 Å². The SMILES string of the molecule is P=S=P.[3H][Mn]=[O]. The van der Waals surface area contributed by atoms with Crippen LogP contribution in [0.2, 0.25) is 0 Å². The molecule has 0 fully saturated rings. The van der Waals surface area contributed by atoms with Gasteiger partial charge < -0.3 is 0 Å². The fourth-order valence-corrected chi connectivity index (χ4v) is 0. The number of hydrogen-bond donors (Lipinski definition) is 0. The van der Waals surface area contributed by atoms with Crippen LogP contribution in [0.25, 0.3) is 0 Å². The van der Waals surface area contributed by atoms with Gasteiger partial charge in [-0.15, -0.1) is 10.1 Å². The molecule has 0 N–H and O–H groups in total. The maximum absolute atomic E-state index is 8.63. The van der Waals surface area contributed by atoms with Crippen molar-refractivity contribution in [3.63, 3.8) is 0 Å². The molecule has 0 aromatic carbocycles. The second-order valence-corrected chi connectivity index (χ2v) is 2.76. The van der Waals surface area contributed by atoms with E-state index in [1.165, 1.54) is 10.1 Å². The molecule has 0 unspecified atom stereocenters. The summed E-state index contributed by atoms with van der Waals surface area (Å²) < 4.78 is 14.3. The predicted octanol–water partition coefficient (Wildman–Crippen LogP) is 0.796. The topological polar surface area (TPSA) is 17.1 Å². The zero-order valence-electron chi connectivity index (χ0n) is 3.19. The molecule has 0 bridgehead atoms. The molecule has 0 aliphatic heterocycles. The minimum absolute atomic E-state index is 0.938. The first-order valence-electron chi connectivity index (χ1n) is 0.941. The van der Waals surface area contributed by atoms with E-state index in [9.17, 15) is 0 Å². The molecule has 0 amide bonds. The Morgan fingerprint density at radius 1 is 2.00 bits per heavy atom. The van der Waals surface area contributed by atoms with Gasteiger partial charge >= 0.3 is 20.6 Å². The van der Waals surface area contributed by atoms with Gasteiger partial charge in [0, 0.05) is 0 Å². The monoisotopic (exact) mass is 170 g/mol. The summed E-state index contributed by atoms with van der Waals surface area (Å²) in [7, 11) is 7.39. The first kappa shape index (κ1) is 6.14. The molecule has 0 atom stereocenters. The van der Waals surface area contributed by atoms with Crippen molar-refractivity contribution in [2.45, 2.75) is 0 Å². The fraction of sp³-hybridized carbons (Fsp3) is 0. The molecule has 32 valence electrons. The molecule has 0 saturated heterocycles. The van der Waals surface area contributed by atoms with Crippen LogP contribution < -0.4 is 0 Å². The third-order valence-electron chi connectivity index (χ3n) is 0. The Morgan fingerprint density at radius 3 is 2.00 bits per heavy atom. The maximum atomic E-state index is 8.63. The van der Waals surface area contributed by atoms with Crippen LogP contribution in [0.5, 0.6) is 0 Å². The minimum atomic E-state index is -0.938. The third-order valence-corrected chi connectivity index (χ3v) is 0. The van der Waals surface area contributed by atoms with Crippen LogP contribution in [0.4, 0.5) is 0 Å². The summed E-state index contributed by atoms with van der Waals surface area (Å²) in [5, 5.41) is 0. The van der Waals surface area contributed by atoms with E-state index in [0.717, 1.165) is 0 Å². The summed E-state index contributed by atoms with van der Waals surface area (Å²) in [6.07, 6.45) is 0. The second kappa shape index (κ2) is 19.2. The van der Waals surface area contributed by atoms with Gasteiger partial charge in [0.1, 0.15) is 0 Å². The Labute approximate surface area is 47.1 Å². The van der Waals surface area contributed by atoms with Crippen LogP contribution in [0, 0.1) is 0 Å². The van der Waals surface area contributed by atoms with Crippen LogP contribution in [-0.4, -0.2) is 0.954 Å². The number of hydrogen-bond acceptors (Lipinski definition) is 1. The summed E-state index contributed by atoms with van der Waals surface area (Å²) >= 11 is -0.938. The fourth-order valence-electron chi connectivity index (χ4n) is 0. The summed E-state index contributed by atoms with van der Waals surface area (Å²) in [6.45, 7) is 0. The van der Waals surface area contributed by atoms with Crippen molar-refractivity contribution in [2.75, 3.05) is 0 Å². The van der Waals surface area contributed by atoms with Gasteiger partial charge in [0.15, 0.2) is 0 Å². The first-order valence-corrected chi connectivity index (χ1v) is 4.31. The number of rotatable bonds is 0. The van der Waals surface area contributed by atoms with E-state index in [0.29, 0.717) is 0 Å². The van der Waals surface area contributed by atoms with E-state index in [1.807, 2.05) is 0 Å². The van der Waals surface area contributed by atoms with E-state index >= 15 is 0 Å². The molecule has 1 nitrogen and oxygen atoms in total. The molecule has 5 heavy (non-hydrogen) atoms. The molecule has 0 rings (SSSR count). The van der Waals surface area contributed by atoms with Gasteiger partial charge in [-0.3, -0.25) is 0 Å². The summed E-state index contributed by atoms with van der Waals surface area (Å²) in [5.74, 6) is 0. The van der Waals surface area contributed by atoms with Gasteiger partial charge in [0.05, 0.1) is 0 Å².